The summed E-state index contributed by atoms with van der Waals surface area (Å²) in [4.78, 5) is 13.0. The molecule has 17 heavy (non-hydrogen) atoms. The number of carbonyl (C=O) groups is 1. The summed E-state index contributed by atoms with van der Waals surface area (Å²) in [5.41, 5.74) is 3.95. The Morgan fingerprint density at radius 3 is 2.94 bits per heavy atom. The first-order valence-corrected chi connectivity index (χ1v) is 6.24. The van der Waals surface area contributed by atoms with Gasteiger partial charge in [-0.15, -0.1) is 0 Å². The van der Waals surface area contributed by atoms with E-state index < -0.39 is 5.97 Å². The highest BCUT2D eigenvalue weighted by atomic mass is 16.4. The lowest BCUT2D eigenvalue weighted by atomic mass is 9.96. The molecule has 0 aromatic heterocycles. The van der Waals surface area contributed by atoms with Crippen LogP contribution in [0.3, 0.4) is 0 Å². The van der Waals surface area contributed by atoms with Crippen molar-refractivity contribution < 1.29 is 9.90 Å². The summed E-state index contributed by atoms with van der Waals surface area (Å²) in [7, 11) is 0. The van der Waals surface area contributed by atoms with Crippen LogP contribution in [-0.2, 0) is 24.2 Å². The lowest BCUT2D eigenvalue weighted by Gasteiger charge is -2.27. The van der Waals surface area contributed by atoms with Crippen molar-refractivity contribution in [3.63, 3.8) is 0 Å². The van der Waals surface area contributed by atoms with Gasteiger partial charge in [-0.3, -0.25) is 9.69 Å². The number of carboxylic acid groups (broad SMARTS) is 1. The molecule has 1 N–H and O–H groups in total. The number of rotatable bonds is 4. The maximum Gasteiger partial charge on any atom is 0.303 e. The van der Waals surface area contributed by atoms with Crippen LogP contribution in [0.25, 0.3) is 0 Å². The van der Waals surface area contributed by atoms with Crippen LogP contribution in [0.15, 0.2) is 18.2 Å². The zero-order chi connectivity index (χ0) is 12.3. The van der Waals surface area contributed by atoms with Crippen molar-refractivity contribution in [2.24, 2.45) is 0 Å². The lowest BCUT2D eigenvalue weighted by molar-refractivity contribution is -0.136. The van der Waals surface area contributed by atoms with Crippen LogP contribution in [-0.4, -0.2) is 29.1 Å². The maximum atomic E-state index is 10.5. The van der Waals surface area contributed by atoms with Gasteiger partial charge in [-0.1, -0.05) is 25.1 Å². The van der Waals surface area contributed by atoms with E-state index in [0.717, 1.165) is 31.6 Å². The number of hydrogen-bond acceptors (Lipinski definition) is 2. The third-order valence-electron chi connectivity index (χ3n) is 3.44. The molecule has 0 saturated heterocycles. The minimum Gasteiger partial charge on any atom is -0.481 e. The number of fused-ring (bicyclic) bond motifs is 1. The van der Waals surface area contributed by atoms with Gasteiger partial charge in [0.25, 0.3) is 0 Å². The molecule has 1 aromatic carbocycles. The standard InChI is InChI=1S/C14H19NO2/c1-2-15-8-7-12-9-11(4-6-14(16)17)3-5-13(12)10-15/h3,5,9H,2,4,6-8,10H2,1H3,(H,16,17). The zero-order valence-electron chi connectivity index (χ0n) is 10.3. The number of benzene rings is 1. The molecule has 0 atom stereocenters. The molecule has 0 amide bonds. The second kappa shape index (κ2) is 5.32. The Bertz CT molecular complexity index is 415. The van der Waals surface area contributed by atoms with Crippen molar-refractivity contribution in [1.29, 1.82) is 0 Å². The topological polar surface area (TPSA) is 40.5 Å². The second-order valence-electron chi connectivity index (χ2n) is 4.62. The minimum absolute atomic E-state index is 0.222. The first kappa shape index (κ1) is 12.1. The molecule has 0 unspecified atom stereocenters. The molecule has 0 radical (unpaired) electrons. The molecule has 0 bridgehead atoms. The zero-order valence-corrected chi connectivity index (χ0v) is 10.3. The summed E-state index contributed by atoms with van der Waals surface area (Å²) in [6.07, 6.45) is 1.95. The van der Waals surface area contributed by atoms with E-state index in [0.29, 0.717) is 6.42 Å². The van der Waals surface area contributed by atoms with Crippen LogP contribution in [0.5, 0.6) is 0 Å². The van der Waals surface area contributed by atoms with Crippen molar-refractivity contribution in [2.45, 2.75) is 32.7 Å². The van der Waals surface area contributed by atoms with Crippen molar-refractivity contribution in [1.82, 2.24) is 4.90 Å². The molecule has 0 fully saturated rings. The number of nitrogens with zero attached hydrogens (tertiary/aromatic N) is 1. The molecule has 1 aliphatic rings. The average Bonchev–Trinajstić information content (AvgIpc) is 2.35. The number of likely N-dealkylation sites (N-methyl/N-ethyl adjacent to an activating group) is 1. The number of carboxylic acids is 1. The summed E-state index contributed by atoms with van der Waals surface area (Å²) >= 11 is 0. The molecular weight excluding hydrogens is 214 g/mol. The molecule has 0 spiro atoms. The molecule has 0 saturated carbocycles. The normalized spacial score (nSPS) is 15.6. The predicted molar refractivity (Wildman–Crippen MR) is 67.1 cm³/mol. The molecule has 1 aromatic rings. The van der Waals surface area contributed by atoms with Gasteiger partial charge in [-0.05, 0) is 36.1 Å². The maximum absolute atomic E-state index is 10.5. The molecule has 3 nitrogen and oxygen atoms in total. The smallest absolute Gasteiger partial charge is 0.303 e. The van der Waals surface area contributed by atoms with Gasteiger partial charge >= 0.3 is 5.97 Å². The Morgan fingerprint density at radius 1 is 1.41 bits per heavy atom. The van der Waals surface area contributed by atoms with Crippen LogP contribution in [0, 0.1) is 0 Å². The van der Waals surface area contributed by atoms with Gasteiger partial charge in [0.15, 0.2) is 0 Å². The van der Waals surface area contributed by atoms with E-state index in [1.165, 1.54) is 11.1 Å². The summed E-state index contributed by atoms with van der Waals surface area (Å²) in [5.74, 6) is -0.722. The van der Waals surface area contributed by atoms with Crippen LogP contribution < -0.4 is 0 Å². The first-order chi connectivity index (χ1) is 8.19. The van der Waals surface area contributed by atoms with E-state index in [1.54, 1.807) is 0 Å². The highest BCUT2D eigenvalue weighted by Crippen LogP contribution is 2.20. The molecule has 2 rings (SSSR count). The Hall–Kier alpha value is -1.35. The summed E-state index contributed by atoms with van der Waals surface area (Å²) in [6, 6.07) is 6.42. The molecule has 1 heterocycles. The van der Waals surface area contributed by atoms with E-state index in [1.807, 2.05) is 0 Å². The van der Waals surface area contributed by atoms with Gasteiger partial charge in [0.1, 0.15) is 0 Å². The number of hydrogen-bond donors (Lipinski definition) is 1. The fourth-order valence-corrected chi connectivity index (χ4v) is 2.34. The predicted octanol–water partition coefficient (Wildman–Crippen LogP) is 2.08. The fraction of sp³-hybridized carbons (Fsp3) is 0.500. The van der Waals surface area contributed by atoms with Gasteiger partial charge in [0.2, 0.25) is 0 Å². The highest BCUT2D eigenvalue weighted by molar-refractivity contribution is 5.67. The van der Waals surface area contributed by atoms with E-state index >= 15 is 0 Å². The monoisotopic (exact) mass is 233 g/mol. The Labute approximate surface area is 102 Å². The average molecular weight is 233 g/mol. The van der Waals surface area contributed by atoms with Gasteiger partial charge in [0.05, 0.1) is 0 Å². The van der Waals surface area contributed by atoms with Gasteiger partial charge in [-0.25, -0.2) is 0 Å². The molecule has 3 heteroatoms. The van der Waals surface area contributed by atoms with Gasteiger partial charge in [0, 0.05) is 19.5 Å². The number of aryl methyl sites for hydroxylation is 1. The van der Waals surface area contributed by atoms with Crippen molar-refractivity contribution in [3.05, 3.63) is 34.9 Å². The van der Waals surface area contributed by atoms with Crippen LogP contribution >= 0.6 is 0 Å². The highest BCUT2D eigenvalue weighted by Gasteiger charge is 2.14. The first-order valence-electron chi connectivity index (χ1n) is 6.24. The largest absolute Gasteiger partial charge is 0.481 e. The van der Waals surface area contributed by atoms with E-state index in [9.17, 15) is 4.79 Å². The summed E-state index contributed by atoms with van der Waals surface area (Å²) in [5, 5.41) is 8.67. The third kappa shape index (κ3) is 3.07. The molecule has 0 aliphatic carbocycles. The number of aliphatic carboxylic acids is 1. The van der Waals surface area contributed by atoms with Crippen molar-refractivity contribution >= 4 is 5.97 Å². The molecule has 1 aliphatic heterocycles. The van der Waals surface area contributed by atoms with Gasteiger partial charge < -0.3 is 5.11 Å². The Kier molecular flexibility index (Phi) is 3.79. The SMILES string of the molecule is CCN1CCc2cc(CCC(=O)O)ccc2C1. The molecule has 92 valence electrons. The molecular formula is C14H19NO2. The van der Waals surface area contributed by atoms with E-state index in [2.05, 4.69) is 30.0 Å². The van der Waals surface area contributed by atoms with Gasteiger partial charge in [-0.2, -0.15) is 0 Å². The van der Waals surface area contributed by atoms with E-state index in [4.69, 9.17) is 5.11 Å². The summed E-state index contributed by atoms with van der Waals surface area (Å²) in [6.45, 7) is 5.43. The quantitative estimate of drug-likeness (QED) is 0.865. The third-order valence-corrected chi connectivity index (χ3v) is 3.44. The van der Waals surface area contributed by atoms with Crippen LogP contribution in [0.1, 0.15) is 30.0 Å². The van der Waals surface area contributed by atoms with Crippen molar-refractivity contribution in [2.75, 3.05) is 13.1 Å². The van der Waals surface area contributed by atoms with Crippen LogP contribution in [0.2, 0.25) is 0 Å². The van der Waals surface area contributed by atoms with Crippen LogP contribution in [0.4, 0.5) is 0 Å². The Balaban J connectivity index is 2.07. The lowest BCUT2D eigenvalue weighted by Crippen LogP contribution is -2.30. The van der Waals surface area contributed by atoms with E-state index in [-0.39, 0.29) is 6.42 Å². The minimum atomic E-state index is -0.722. The second-order valence-corrected chi connectivity index (χ2v) is 4.62. The van der Waals surface area contributed by atoms with Crippen molar-refractivity contribution in [3.8, 4) is 0 Å². The summed E-state index contributed by atoms with van der Waals surface area (Å²) < 4.78 is 0. The fourth-order valence-electron chi connectivity index (χ4n) is 2.34. The Morgan fingerprint density at radius 2 is 2.24 bits per heavy atom.